The van der Waals surface area contributed by atoms with E-state index in [0.29, 0.717) is 6.92 Å². The molecule has 0 saturated carbocycles. The van der Waals surface area contributed by atoms with E-state index in [1.807, 2.05) is 0 Å². The molecule has 35 heavy (non-hydrogen) atoms. The Labute approximate surface area is 204 Å². The van der Waals surface area contributed by atoms with Gasteiger partial charge in [-0.2, -0.15) is 0 Å². The molecule has 0 atom stereocenters. The van der Waals surface area contributed by atoms with Crippen LogP contribution in [0.25, 0.3) is 0 Å². The molecule has 12 heteroatoms. The number of aryl methyl sites for hydroxylation is 3. The number of sulfone groups is 3. The Kier molecular flexibility index (Phi) is 6.47. The summed E-state index contributed by atoms with van der Waals surface area (Å²) < 4.78 is 79.6. The van der Waals surface area contributed by atoms with Crippen LogP contribution in [0.15, 0.2) is 69.3 Å². The van der Waals surface area contributed by atoms with Crippen molar-refractivity contribution in [3.8, 4) is 17.2 Å². The topological polar surface area (TPSA) is 163 Å². The maximum Gasteiger partial charge on any atom is 0.282 e. The third-order valence-electron chi connectivity index (χ3n) is 5.94. The van der Waals surface area contributed by atoms with E-state index in [9.17, 15) is 40.6 Å². The van der Waals surface area contributed by atoms with Crippen LogP contribution in [0.1, 0.15) is 23.6 Å². The van der Waals surface area contributed by atoms with Crippen molar-refractivity contribution in [3.63, 3.8) is 0 Å². The summed E-state index contributed by atoms with van der Waals surface area (Å²) >= 11 is 0. The van der Waals surface area contributed by atoms with E-state index >= 15 is 0 Å². The van der Waals surface area contributed by atoms with E-state index < -0.39 is 64.9 Å². The minimum absolute atomic E-state index is 0.281. The standard InChI is InChI=1S/C23H24O9S3/c1-14-5-8-17(11-20(14)24)33(27,28)23(4,34(29,30)18-9-6-15(2)21(25)12-18)35(31,32)19-10-7-16(3)22(26)13-19/h5-13,24-26H,1-4H3. The molecular weight excluding hydrogens is 516 g/mol. The van der Waals surface area contributed by atoms with Gasteiger partial charge in [-0.1, -0.05) is 18.2 Å². The summed E-state index contributed by atoms with van der Waals surface area (Å²) in [7, 11) is -15.9. The Hall–Kier alpha value is -3.09. The molecule has 0 radical (unpaired) electrons. The maximum absolute atomic E-state index is 13.9. The first-order valence-corrected chi connectivity index (χ1v) is 14.6. The highest BCUT2D eigenvalue weighted by Crippen LogP contribution is 2.44. The minimum Gasteiger partial charge on any atom is -0.508 e. The lowest BCUT2D eigenvalue weighted by atomic mass is 10.2. The fourth-order valence-corrected chi connectivity index (χ4v) is 11.4. The highest BCUT2D eigenvalue weighted by Gasteiger charge is 2.63. The van der Waals surface area contributed by atoms with E-state index in [-0.39, 0.29) is 16.7 Å². The molecule has 3 rings (SSSR count). The number of hydrogen-bond acceptors (Lipinski definition) is 9. The smallest absolute Gasteiger partial charge is 0.282 e. The molecule has 0 heterocycles. The van der Waals surface area contributed by atoms with Gasteiger partial charge in [-0.05, 0) is 80.8 Å². The van der Waals surface area contributed by atoms with E-state index in [1.54, 1.807) is 0 Å². The van der Waals surface area contributed by atoms with Crippen LogP contribution in [0.3, 0.4) is 0 Å². The second-order valence-corrected chi connectivity index (χ2v) is 15.9. The lowest BCUT2D eigenvalue weighted by Crippen LogP contribution is -2.50. The average Bonchev–Trinajstić information content (AvgIpc) is 2.78. The fraction of sp³-hybridized carbons (Fsp3) is 0.217. The molecule has 0 aliphatic heterocycles. The van der Waals surface area contributed by atoms with Gasteiger partial charge in [-0.3, -0.25) is 0 Å². The highest BCUT2D eigenvalue weighted by molar-refractivity contribution is 8.25. The summed E-state index contributed by atoms with van der Waals surface area (Å²) in [6.07, 6.45) is 0. The maximum atomic E-state index is 13.9. The summed E-state index contributed by atoms with van der Waals surface area (Å²) in [5.74, 6) is -1.45. The Morgan fingerprint density at radius 2 is 0.743 bits per heavy atom. The summed E-state index contributed by atoms with van der Waals surface area (Å²) in [5.41, 5.74) is 0.842. The van der Waals surface area contributed by atoms with Crippen molar-refractivity contribution < 1.29 is 40.6 Å². The SMILES string of the molecule is Cc1ccc(S(=O)(=O)C(C)(S(=O)(=O)c2ccc(C)c(O)c2)S(=O)(=O)c2ccc(C)c(O)c2)cc1O. The van der Waals surface area contributed by atoms with E-state index in [4.69, 9.17) is 0 Å². The molecule has 0 bridgehead atoms. The van der Waals surface area contributed by atoms with Crippen LogP contribution in [0.4, 0.5) is 0 Å². The quantitative estimate of drug-likeness (QED) is 0.426. The van der Waals surface area contributed by atoms with Gasteiger partial charge < -0.3 is 15.3 Å². The van der Waals surface area contributed by atoms with Gasteiger partial charge in [0.15, 0.2) is 0 Å². The summed E-state index contributed by atoms with van der Waals surface area (Å²) in [4.78, 5) is -2.24. The molecule has 0 spiro atoms. The largest absolute Gasteiger partial charge is 0.508 e. The molecule has 0 saturated heterocycles. The zero-order valence-corrected chi connectivity index (χ0v) is 21.7. The van der Waals surface area contributed by atoms with Crippen molar-refractivity contribution in [1.29, 1.82) is 0 Å². The van der Waals surface area contributed by atoms with Crippen LogP contribution in [0, 0.1) is 20.8 Å². The molecule has 9 nitrogen and oxygen atoms in total. The second kappa shape index (κ2) is 8.54. The Bertz CT molecular complexity index is 1460. The molecule has 3 aromatic carbocycles. The summed E-state index contributed by atoms with van der Waals surface area (Å²) in [5, 5.41) is 30.2. The molecule has 0 aliphatic rings. The average molecular weight is 541 g/mol. The Balaban J connectivity index is 2.48. The molecule has 0 aliphatic carbocycles. The molecule has 0 fully saturated rings. The van der Waals surface area contributed by atoms with Crippen molar-refractivity contribution in [2.75, 3.05) is 0 Å². The Morgan fingerprint density at radius 1 is 0.514 bits per heavy atom. The van der Waals surface area contributed by atoms with Crippen LogP contribution < -0.4 is 0 Å². The van der Waals surface area contributed by atoms with Crippen molar-refractivity contribution in [2.45, 2.75) is 45.8 Å². The number of aromatic hydroxyl groups is 3. The lowest BCUT2D eigenvalue weighted by Gasteiger charge is -2.29. The van der Waals surface area contributed by atoms with Crippen LogP contribution in [-0.2, 0) is 29.5 Å². The summed E-state index contributed by atoms with van der Waals surface area (Å²) in [6.45, 7) is 4.96. The van der Waals surface area contributed by atoms with Crippen molar-refractivity contribution in [1.82, 2.24) is 0 Å². The van der Waals surface area contributed by atoms with Gasteiger partial charge in [-0.25, -0.2) is 25.3 Å². The van der Waals surface area contributed by atoms with Crippen LogP contribution in [0.5, 0.6) is 17.2 Å². The van der Waals surface area contributed by atoms with Gasteiger partial charge in [-0.15, -0.1) is 0 Å². The van der Waals surface area contributed by atoms with Crippen LogP contribution in [0.2, 0.25) is 0 Å². The first kappa shape index (κ1) is 26.5. The fourth-order valence-electron chi connectivity index (χ4n) is 3.34. The number of hydrogen-bond donors (Lipinski definition) is 3. The van der Waals surface area contributed by atoms with Gasteiger partial charge in [0.2, 0.25) is 29.5 Å². The van der Waals surface area contributed by atoms with Crippen molar-refractivity contribution in [2.24, 2.45) is 0 Å². The van der Waals surface area contributed by atoms with Gasteiger partial charge in [0.25, 0.3) is 3.41 Å². The van der Waals surface area contributed by atoms with Crippen LogP contribution in [-0.4, -0.2) is 44.0 Å². The van der Waals surface area contributed by atoms with E-state index in [0.717, 1.165) is 36.4 Å². The molecule has 0 aromatic heterocycles. The highest BCUT2D eigenvalue weighted by atomic mass is 32.3. The van der Waals surface area contributed by atoms with Crippen LogP contribution >= 0.6 is 0 Å². The number of phenolic OH excluding ortho intramolecular Hbond substituents is 3. The molecule has 188 valence electrons. The van der Waals surface area contributed by atoms with Crippen molar-refractivity contribution >= 4 is 29.5 Å². The summed E-state index contributed by atoms with van der Waals surface area (Å²) in [6, 6.07) is 8.91. The number of benzene rings is 3. The van der Waals surface area contributed by atoms with E-state index in [2.05, 4.69) is 0 Å². The molecule has 0 amide bonds. The van der Waals surface area contributed by atoms with Crippen molar-refractivity contribution in [3.05, 3.63) is 71.3 Å². The predicted octanol–water partition coefficient (Wildman–Crippen LogP) is 3.12. The first-order valence-electron chi connectivity index (χ1n) is 10.1. The number of rotatable bonds is 6. The van der Waals surface area contributed by atoms with Gasteiger partial charge >= 0.3 is 0 Å². The molecule has 3 N–H and O–H groups in total. The zero-order valence-electron chi connectivity index (χ0n) is 19.2. The second-order valence-electron chi connectivity index (χ2n) is 8.22. The molecule has 3 aromatic rings. The Morgan fingerprint density at radius 3 is 0.943 bits per heavy atom. The monoisotopic (exact) mass is 540 g/mol. The lowest BCUT2D eigenvalue weighted by molar-refractivity contribution is 0.468. The minimum atomic E-state index is -5.30. The van der Waals surface area contributed by atoms with E-state index in [1.165, 1.54) is 39.0 Å². The number of phenols is 3. The van der Waals surface area contributed by atoms with Gasteiger partial charge in [0.05, 0.1) is 14.7 Å². The zero-order chi connectivity index (χ0) is 26.6. The normalized spacial score (nSPS) is 13.0. The van der Waals surface area contributed by atoms with Gasteiger partial charge in [0, 0.05) is 0 Å². The predicted molar refractivity (Wildman–Crippen MR) is 128 cm³/mol. The third kappa shape index (κ3) is 3.95. The molecular formula is C23H24O9S3. The van der Waals surface area contributed by atoms with Gasteiger partial charge in [0.1, 0.15) is 17.2 Å². The molecule has 0 unspecified atom stereocenters. The third-order valence-corrected chi connectivity index (χ3v) is 15.4. The first-order chi connectivity index (χ1) is 16.0.